The lowest BCUT2D eigenvalue weighted by Gasteiger charge is -2.16. The first kappa shape index (κ1) is 12.7. The quantitative estimate of drug-likeness (QED) is 0.838. The topological polar surface area (TPSA) is 32.3 Å². The van der Waals surface area contributed by atoms with Gasteiger partial charge in [0.15, 0.2) is 0 Å². The molecular formula is C13H20N2O. The van der Waals surface area contributed by atoms with Crippen molar-refractivity contribution in [2.24, 2.45) is 0 Å². The molecule has 16 heavy (non-hydrogen) atoms. The molecule has 1 unspecified atom stereocenters. The molecule has 0 fully saturated rings. The minimum Gasteiger partial charge on any atom is -0.348 e. The summed E-state index contributed by atoms with van der Waals surface area (Å²) in [4.78, 5) is 13.0. The molecule has 0 saturated heterocycles. The molecule has 0 saturated carbocycles. The van der Waals surface area contributed by atoms with E-state index in [1.165, 1.54) is 11.1 Å². The number of rotatable bonds is 4. The fourth-order valence-electron chi connectivity index (χ4n) is 1.46. The van der Waals surface area contributed by atoms with E-state index in [1.807, 2.05) is 6.07 Å². The number of hydrogen-bond acceptors (Lipinski definition) is 2. The first-order chi connectivity index (χ1) is 7.50. The van der Waals surface area contributed by atoms with Crippen LogP contribution in [0.3, 0.4) is 0 Å². The Morgan fingerprint density at radius 3 is 2.69 bits per heavy atom. The predicted octanol–water partition coefficient (Wildman–Crippen LogP) is 1.73. The Hall–Kier alpha value is -1.35. The number of aryl methyl sites for hydroxylation is 1. The largest absolute Gasteiger partial charge is 0.348 e. The number of nitrogens with one attached hydrogen (secondary N) is 1. The van der Waals surface area contributed by atoms with Gasteiger partial charge in [0, 0.05) is 20.1 Å². The highest BCUT2D eigenvalue weighted by molar-refractivity contribution is 5.77. The second kappa shape index (κ2) is 5.66. The van der Waals surface area contributed by atoms with Gasteiger partial charge in [0.2, 0.25) is 5.91 Å². The van der Waals surface area contributed by atoms with E-state index < -0.39 is 0 Å². The third-order valence-electron chi connectivity index (χ3n) is 2.60. The molecule has 0 bridgehead atoms. The zero-order valence-corrected chi connectivity index (χ0v) is 10.4. The standard InChI is InChI=1S/C13H20N2O/c1-10-6-5-7-12(8-10)11(2)14-9-13(16)15(3)4/h5-8,11,14H,9H2,1-4H3. The normalized spacial score (nSPS) is 12.2. The van der Waals surface area contributed by atoms with E-state index >= 15 is 0 Å². The molecule has 0 radical (unpaired) electrons. The van der Waals surface area contributed by atoms with Gasteiger partial charge in [-0.1, -0.05) is 29.8 Å². The summed E-state index contributed by atoms with van der Waals surface area (Å²) in [6.07, 6.45) is 0. The van der Waals surface area contributed by atoms with Crippen molar-refractivity contribution in [2.45, 2.75) is 19.9 Å². The van der Waals surface area contributed by atoms with Crippen LogP contribution in [0.15, 0.2) is 24.3 Å². The van der Waals surface area contributed by atoms with Crippen LogP contribution in [-0.4, -0.2) is 31.4 Å². The lowest BCUT2D eigenvalue weighted by atomic mass is 10.1. The van der Waals surface area contributed by atoms with Crippen LogP contribution in [0.25, 0.3) is 0 Å². The number of carbonyl (C=O) groups is 1. The first-order valence-electron chi connectivity index (χ1n) is 5.51. The Balaban J connectivity index is 2.53. The molecule has 0 heterocycles. The molecule has 0 aliphatic heterocycles. The van der Waals surface area contributed by atoms with Crippen molar-refractivity contribution in [1.82, 2.24) is 10.2 Å². The maximum Gasteiger partial charge on any atom is 0.236 e. The van der Waals surface area contributed by atoms with E-state index in [0.717, 1.165) is 0 Å². The van der Waals surface area contributed by atoms with Crippen LogP contribution in [0.5, 0.6) is 0 Å². The maximum atomic E-state index is 11.4. The minimum absolute atomic E-state index is 0.0968. The van der Waals surface area contributed by atoms with Gasteiger partial charge >= 0.3 is 0 Å². The molecule has 1 aromatic carbocycles. The van der Waals surface area contributed by atoms with Crippen LogP contribution in [0.2, 0.25) is 0 Å². The third-order valence-corrected chi connectivity index (χ3v) is 2.60. The van der Waals surface area contributed by atoms with Crippen molar-refractivity contribution >= 4 is 5.91 Å². The number of nitrogens with zero attached hydrogens (tertiary/aromatic N) is 1. The average Bonchev–Trinajstić information content (AvgIpc) is 2.25. The van der Waals surface area contributed by atoms with Crippen molar-refractivity contribution in [3.63, 3.8) is 0 Å². The highest BCUT2D eigenvalue weighted by Crippen LogP contribution is 2.13. The summed E-state index contributed by atoms with van der Waals surface area (Å²) in [7, 11) is 3.53. The van der Waals surface area contributed by atoms with Crippen molar-refractivity contribution in [1.29, 1.82) is 0 Å². The molecule has 1 N–H and O–H groups in total. The molecular weight excluding hydrogens is 200 g/mol. The van der Waals surface area contributed by atoms with Gasteiger partial charge in [-0.2, -0.15) is 0 Å². The Labute approximate surface area is 97.5 Å². The van der Waals surface area contributed by atoms with Crippen LogP contribution in [0.1, 0.15) is 24.1 Å². The highest BCUT2D eigenvalue weighted by Gasteiger charge is 2.08. The van der Waals surface area contributed by atoms with E-state index in [1.54, 1.807) is 19.0 Å². The number of likely N-dealkylation sites (N-methyl/N-ethyl adjacent to an activating group) is 1. The molecule has 88 valence electrons. The van der Waals surface area contributed by atoms with Crippen molar-refractivity contribution in [3.05, 3.63) is 35.4 Å². The minimum atomic E-state index is 0.0968. The van der Waals surface area contributed by atoms with Crippen molar-refractivity contribution in [2.75, 3.05) is 20.6 Å². The fraction of sp³-hybridized carbons (Fsp3) is 0.462. The maximum absolute atomic E-state index is 11.4. The Bertz CT molecular complexity index is 361. The Morgan fingerprint density at radius 1 is 1.44 bits per heavy atom. The van der Waals surface area contributed by atoms with Crippen molar-refractivity contribution in [3.8, 4) is 0 Å². The van der Waals surface area contributed by atoms with Crippen LogP contribution in [-0.2, 0) is 4.79 Å². The van der Waals surface area contributed by atoms with Crippen LogP contribution < -0.4 is 5.32 Å². The highest BCUT2D eigenvalue weighted by atomic mass is 16.2. The summed E-state index contributed by atoms with van der Waals surface area (Å²) in [6, 6.07) is 8.52. The van der Waals surface area contributed by atoms with Gasteiger partial charge < -0.3 is 10.2 Å². The number of benzene rings is 1. The monoisotopic (exact) mass is 220 g/mol. The second-order valence-electron chi connectivity index (χ2n) is 4.30. The Kier molecular flexibility index (Phi) is 4.50. The molecule has 0 spiro atoms. The first-order valence-corrected chi connectivity index (χ1v) is 5.51. The lowest BCUT2D eigenvalue weighted by molar-refractivity contribution is -0.127. The summed E-state index contributed by atoms with van der Waals surface area (Å²) in [5.74, 6) is 0.0968. The summed E-state index contributed by atoms with van der Waals surface area (Å²) in [5.41, 5.74) is 2.46. The molecule has 0 aliphatic carbocycles. The van der Waals surface area contributed by atoms with E-state index in [0.29, 0.717) is 6.54 Å². The molecule has 1 amide bonds. The summed E-state index contributed by atoms with van der Waals surface area (Å²) >= 11 is 0. The van der Waals surface area contributed by atoms with E-state index in [-0.39, 0.29) is 11.9 Å². The van der Waals surface area contributed by atoms with Crippen molar-refractivity contribution < 1.29 is 4.79 Å². The lowest BCUT2D eigenvalue weighted by Crippen LogP contribution is -2.34. The number of carbonyl (C=O) groups excluding carboxylic acids is 1. The van der Waals surface area contributed by atoms with Gasteiger partial charge in [-0.05, 0) is 19.4 Å². The summed E-state index contributed by atoms with van der Waals surface area (Å²) < 4.78 is 0. The third kappa shape index (κ3) is 3.66. The SMILES string of the molecule is Cc1cccc(C(C)NCC(=O)N(C)C)c1. The molecule has 1 aromatic rings. The molecule has 0 aromatic heterocycles. The van der Waals surface area contributed by atoms with Gasteiger partial charge in [-0.15, -0.1) is 0 Å². The average molecular weight is 220 g/mol. The second-order valence-corrected chi connectivity index (χ2v) is 4.30. The smallest absolute Gasteiger partial charge is 0.236 e. The van der Waals surface area contributed by atoms with Gasteiger partial charge in [-0.3, -0.25) is 4.79 Å². The van der Waals surface area contributed by atoms with E-state index in [9.17, 15) is 4.79 Å². The molecule has 0 aliphatic rings. The van der Waals surface area contributed by atoms with Gasteiger partial charge in [-0.25, -0.2) is 0 Å². The van der Waals surface area contributed by atoms with E-state index in [2.05, 4.69) is 37.4 Å². The molecule has 1 rings (SSSR count). The van der Waals surface area contributed by atoms with E-state index in [4.69, 9.17) is 0 Å². The molecule has 1 atom stereocenters. The number of hydrogen-bond donors (Lipinski definition) is 1. The van der Waals surface area contributed by atoms with Crippen LogP contribution in [0, 0.1) is 6.92 Å². The molecule has 3 heteroatoms. The van der Waals surface area contributed by atoms with Gasteiger partial charge in [0.05, 0.1) is 6.54 Å². The van der Waals surface area contributed by atoms with Crippen LogP contribution in [0.4, 0.5) is 0 Å². The van der Waals surface area contributed by atoms with Gasteiger partial charge in [0.25, 0.3) is 0 Å². The summed E-state index contributed by atoms with van der Waals surface area (Å²) in [6.45, 7) is 4.51. The zero-order chi connectivity index (χ0) is 12.1. The summed E-state index contributed by atoms with van der Waals surface area (Å²) in [5, 5.41) is 3.22. The molecule has 3 nitrogen and oxygen atoms in total. The van der Waals surface area contributed by atoms with Crippen LogP contribution >= 0.6 is 0 Å². The predicted molar refractivity (Wildman–Crippen MR) is 66.3 cm³/mol. The van der Waals surface area contributed by atoms with Gasteiger partial charge in [0.1, 0.15) is 0 Å². The zero-order valence-electron chi connectivity index (χ0n) is 10.4. The fourth-order valence-corrected chi connectivity index (χ4v) is 1.46. The number of amides is 1. The Morgan fingerprint density at radius 2 is 2.12 bits per heavy atom.